The van der Waals surface area contributed by atoms with Crippen molar-refractivity contribution < 1.29 is 9.26 Å². The van der Waals surface area contributed by atoms with Crippen molar-refractivity contribution in [3.63, 3.8) is 0 Å². The topological polar surface area (TPSA) is 71.7 Å². The third kappa shape index (κ3) is 5.79. The summed E-state index contributed by atoms with van der Waals surface area (Å²) in [5.41, 5.74) is 2.27. The Bertz CT molecular complexity index is 692. The molecule has 1 heterocycles. The summed E-state index contributed by atoms with van der Waals surface area (Å²) >= 11 is 0. The van der Waals surface area contributed by atoms with Crippen molar-refractivity contribution in [2.24, 2.45) is 4.99 Å². The molecule has 6 nitrogen and oxygen atoms in total. The van der Waals surface area contributed by atoms with Crippen molar-refractivity contribution in [1.82, 2.24) is 15.8 Å². The number of nitrogens with one attached hydrogen (secondary N) is 2. The molecular weight excluding hydrogens is 328 g/mol. The van der Waals surface area contributed by atoms with E-state index in [2.05, 4.69) is 53.7 Å². The molecule has 26 heavy (non-hydrogen) atoms. The Kier molecular flexibility index (Phi) is 7.51. The number of methoxy groups -OCH3 is 1. The van der Waals surface area contributed by atoms with Crippen LogP contribution in [-0.2, 0) is 6.54 Å². The van der Waals surface area contributed by atoms with Gasteiger partial charge in [-0.3, -0.25) is 4.99 Å². The van der Waals surface area contributed by atoms with E-state index in [0.29, 0.717) is 18.4 Å². The maximum Gasteiger partial charge on any atom is 0.191 e. The molecule has 0 bridgehead atoms. The van der Waals surface area contributed by atoms with Crippen LogP contribution in [0, 0.1) is 0 Å². The van der Waals surface area contributed by atoms with E-state index in [1.165, 1.54) is 5.56 Å². The first-order chi connectivity index (χ1) is 12.5. The van der Waals surface area contributed by atoms with Crippen LogP contribution in [0.4, 0.5) is 0 Å². The van der Waals surface area contributed by atoms with Crippen LogP contribution in [0.25, 0.3) is 0 Å². The zero-order chi connectivity index (χ0) is 18.9. The molecule has 6 heteroatoms. The maximum atomic E-state index is 5.33. The van der Waals surface area contributed by atoms with Gasteiger partial charge in [-0.05, 0) is 36.0 Å². The van der Waals surface area contributed by atoms with Gasteiger partial charge in [-0.1, -0.05) is 38.1 Å². The van der Waals surface area contributed by atoms with Gasteiger partial charge in [0.25, 0.3) is 0 Å². The van der Waals surface area contributed by atoms with E-state index >= 15 is 0 Å². The molecule has 0 spiro atoms. The molecule has 2 aromatic rings. The molecule has 1 atom stereocenters. The van der Waals surface area contributed by atoms with Crippen molar-refractivity contribution in [2.45, 2.75) is 45.6 Å². The summed E-state index contributed by atoms with van der Waals surface area (Å²) in [6, 6.07) is 10.2. The molecule has 0 aliphatic rings. The summed E-state index contributed by atoms with van der Waals surface area (Å²) < 4.78 is 10.5. The molecule has 0 radical (unpaired) electrons. The number of benzene rings is 1. The van der Waals surface area contributed by atoms with Gasteiger partial charge < -0.3 is 19.9 Å². The van der Waals surface area contributed by atoms with Crippen LogP contribution in [0.15, 0.2) is 39.8 Å². The summed E-state index contributed by atoms with van der Waals surface area (Å²) in [4.78, 5) is 4.25. The van der Waals surface area contributed by atoms with Gasteiger partial charge in [-0.15, -0.1) is 0 Å². The highest BCUT2D eigenvalue weighted by Crippen LogP contribution is 2.21. The van der Waals surface area contributed by atoms with Crippen LogP contribution in [-0.4, -0.2) is 31.8 Å². The Balaban J connectivity index is 1.75. The van der Waals surface area contributed by atoms with Gasteiger partial charge in [0.2, 0.25) is 0 Å². The summed E-state index contributed by atoms with van der Waals surface area (Å²) in [6.07, 6.45) is 1.01. The second kappa shape index (κ2) is 9.85. The van der Waals surface area contributed by atoms with Crippen molar-refractivity contribution >= 4 is 5.96 Å². The van der Waals surface area contributed by atoms with Crippen molar-refractivity contribution in [2.75, 3.05) is 20.7 Å². The molecule has 0 saturated heterocycles. The molecule has 0 aliphatic heterocycles. The Hall–Kier alpha value is -2.50. The lowest BCUT2D eigenvalue weighted by molar-refractivity contribution is 0.372. The van der Waals surface area contributed by atoms with Crippen LogP contribution in [0.5, 0.6) is 5.75 Å². The van der Waals surface area contributed by atoms with E-state index in [-0.39, 0.29) is 0 Å². The second-order valence-electron chi connectivity index (χ2n) is 6.69. The van der Waals surface area contributed by atoms with Crippen molar-refractivity contribution in [1.29, 1.82) is 0 Å². The third-order valence-corrected chi connectivity index (χ3v) is 4.38. The van der Waals surface area contributed by atoms with E-state index in [1.807, 2.05) is 18.2 Å². The van der Waals surface area contributed by atoms with E-state index < -0.39 is 0 Å². The SMILES string of the molecule is CN=C(NCCC(C)c1ccc(OC)cc1)NCc1cc(C(C)C)no1. The van der Waals surface area contributed by atoms with Gasteiger partial charge in [0.1, 0.15) is 5.75 Å². The molecule has 142 valence electrons. The van der Waals surface area contributed by atoms with Gasteiger partial charge in [-0.2, -0.15) is 0 Å². The molecule has 2 rings (SSSR count). The van der Waals surface area contributed by atoms with Crippen molar-refractivity contribution in [3.05, 3.63) is 47.3 Å². The maximum absolute atomic E-state index is 5.33. The lowest BCUT2D eigenvalue weighted by atomic mass is 9.98. The molecular formula is C20H30N4O2. The minimum absolute atomic E-state index is 0.365. The number of guanidine groups is 1. The van der Waals surface area contributed by atoms with Crippen LogP contribution in [0.1, 0.15) is 56.0 Å². The second-order valence-corrected chi connectivity index (χ2v) is 6.69. The fraction of sp³-hybridized carbons (Fsp3) is 0.500. The van der Waals surface area contributed by atoms with Crippen LogP contribution >= 0.6 is 0 Å². The molecule has 1 aromatic heterocycles. The summed E-state index contributed by atoms with van der Waals surface area (Å²) in [7, 11) is 3.45. The molecule has 0 saturated carbocycles. The van der Waals surface area contributed by atoms with E-state index in [0.717, 1.165) is 36.1 Å². The zero-order valence-corrected chi connectivity index (χ0v) is 16.4. The Morgan fingerprint density at radius 1 is 1.19 bits per heavy atom. The highest BCUT2D eigenvalue weighted by Gasteiger charge is 2.09. The smallest absolute Gasteiger partial charge is 0.191 e. The summed E-state index contributed by atoms with van der Waals surface area (Å²) in [5.74, 6) is 3.27. The predicted octanol–water partition coefficient (Wildman–Crippen LogP) is 3.67. The first-order valence-corrected chi connectivity index (χ1v) is 9.07. The Morgan fingerprint density at radius 3 is 2.50 bits per heavy atom. The zero-order valence-electron chi connectivity index (χ0n) is 16.4. The molecule has 0 fully saturated rings. The van der Waals surface area contributed by atoms with Gasteiger partial charge in [0.15, 0.2) is 11.7 Å². The van der Waals surface area contributed by atoms with Gasteiger partial charge in [0, 0.05) is 19.7 Å². The fourth-order valence-corrected chi connectivity index (χ4v) is 2.58. The Labute approximate surface area is 156 Å². The third-order valence-electron chi connectivity index (χ3n) is 4.38. The first kappa shape index (κ1) is 19.8. The number of hydrogen-bond acceptors (Lipinski definition) is 4. The Morgan fingerprint density at radius 2 is 1.92 bits per heavy atom. The highest BCUT2D eigenvalue weighted by molar-refractivity contribution is 5.79. The minimum Gasteiger partial charge on any atom is -0.497 e. The number of nitrogens with zero attached hydrogens (tertiary/aromatic N) is 2. The van der Waals surface area contributed by atoms with Gasteiger partial charge >= 0.3 is 0 Å². The number of aromatic nitrogens is 1. The lowest BCUT2D eigenvalue weighted by Crippen LogP contribution is -2.37. The molecule has 0 amide bonds. The molecule has 0 aliphatic carbocycles. The first-order valence-electron chi connectivity index (χ1n) is 9.07. The van der Waals surface area contributed by atoms with Crippen LogP contribution in [0.2, 0.25) is 0 Å². The van der Waals surface area contributed by atoms with Gasteiger partial charge in [-0.25, -0.2) is 0 Å². The van der Waals surface area contributed by atoms with E-state index in [1.54, 1.807) is 14.2 Å². The lowest BCUT2D eigenvalue weighted by Gasteiger charge is -2.15. The number of rotatable bonds is 8. The number of hydrogen-bond donors (Lipinski definition) is 2. The summed E-state index contributed by atoms with van der Waals surface area (Å²) in [6.45, 7) is 7.81. The quantitative estimate of drug-likeness (QED) is 0.556. The molecule has 1 aromatic carbocycles. The van der Waals surface area contributed by atoms with E-state index in [4.69, 9.17) is 9.26 Å². The highest BCUT2D eigenvalue weighted by atomic mass is 16.5. The monoisotopic (exact) mass is 358 g/mol. The molecule has 1 unspecified atom stereocenters. The van der Waals surface area contributed by atoms with Crippen LogP contribution in [0.3, 0.4) is 0 Å². The molecule has 2 N–H and O–H groups in total. The van der Waals surface area contributed by atoms with Crippen molar-refractivity contribution in [3.8, 4) is 5.75 Å². The van der Waals surface area contributed by atoms with Crippen LogP contribution < -0.4 is 15.4 Å². The van der Waals surface area contributed by atoms with Gasteiger partial charge in [0.05, 0.1) is 19.3 Å². The normalized spacial score (nSPS) is 12.9. The predicted molar refractivity (Wildman–Crippen MR) is 105 cm³/mol. The van der Waals surface area contributed by atoms with E-state index in [9.17, 15) is 0 Å². The standard InChI is InChI=1S/C20H30N4O2/c1-14(2)19-12-18(26-24-19)13-23-20(21-4)22-11-10-15(3)16-6-8-17(25-5)9-7-16/h6-9,12,14-15H,10-11,13H2,1-5H3,(H2,21,22,23). The average molecular weight is 358 g/mol. The average Bonchev–Trinajstić information content (AvgIpc) is 3.13. The fourth-order valence-electron chi connectivity index (χ4n) is 2.58. The minimum atomic E-state index is 0.365. The number of ether oxygens (including phenoxy) is 1. The number of aliphatic imine (C=N–C) groups is 1. The summed E-state index contributed by atoms with van der Waals surface area (Å²) in [5, 5.41) is 10.7. The largest absolute Gasteiger partial charge is 0.497 e.